The van der Waals surface area contributed by atoms with E-state index < -0.39 is 27.2 Å². The van der Waals surface area contributed by atoms with Crippen molar-refractivity contribution in [2.45, 2.75) is 69.9 Å². The highest BCUT2D eigenvalue weighted by Gasteiger charge is 2.35. The summed E-state index contributed by atoms with van der Waals surface area (Å²) in [5, 5.41) is 2.86. The van der Waals surface area contributed by atoms with Crippen LogP contribution in [0.3, 0.4) is 0 Å². The first-order valence-electron chi connectivity index (χ1n) is 8.35. The number of amides is 1. The summed E-state index contributed by atoms with van der Waals surface area (Å²) in [5.41, 5.74) is 5.37. The van der Waals surface area contributed by atoms with Crippen molar-refractivity contribution in [2.75, 3.05) is 12.3 Å². The van der Waals surface area contributed by atoms with Crippen LogP contribution >= 0.6 is 12.4 Å². The van der Waals surface area contributed by atoms with Gasteiger partial charge in [-0.25, -0.2) is 13.1 Å². The number of rotatable bonds is 6. The van der Waals surface area contributed by atoms with Crippen LogP contribution in [-0.2, 0) is 14.8 Å². The zero-order valence-corrected chi connectivity index (χ0v) is 15.5. The maximum Gasteiger partial charge on any atom is 0.237 e. The number of sulfonamides is 1. The standard InChI is InChI=1S/C15H29N3O3S.ClH/c1-12-4-6-13(7-5-12)18-22(20,21)10-14(19)17-15(11-16)8-2-3-9-15;/h12-13,18H,2-11,16H2,1H3,(H,17,19);1H. The third-order valence-corrected chi connectivity index (χ3v) is 6.37. The average Bonchev–Trinajstić information content (AvgIpc) is 2.89. The fraction of sp³-hybridized carbons (Fsp3) is 0.933. The SMILES string of the molecule is CC1CCC(NS(=O)(=O)CC(=O)NC2(CN)CCCC2)CC1.Cl. The van der Waals surface area contributed by atoms with Gasteiger partial charge in [0, 0.05) is 12.6 Å². The van der Waals surface area contributed by atoms with Gasteiger partial charge in [0.2, 0.25) is 15.9 Å². The van der Waals surface area contributed by atoms with Gasteiger partial charge >= 0.3 is 0 Å². The molecule has 0 heterocycles. The normalized spacial score (nSPS) is 27.2. The summed E-state index contributed by atoms with van der Waals surface area (Å²) in [7, 11) is -3.58. The van der Waals surface area contributed by atoms with Crippen LogP contribution in [0.25, 0.3) is 0 Å². The Morgan fingerprint density at radius 1 is 1.17 bits per heavy atom. The largest absolute Gasteiger partial charge is 0.348 e. The van der Waals surface area contributed by atoms with Crippen molar-refractivity contribution < 1.29 is 13.2 Å². The van der Waals surface area contributed by atoms with E-state index >= 15 is 0 Å². The molecule has 0 aromatic rings. The third-order valence-electron chi connectivity index (χ3n) is 5.04. The monoisotopic (exact) mass is 367 g/mol. The molecule has 2 fully saturated rings. The van der Waals surface area contributed by atoms with Gasteiger partial charge in [-0.15, -0.1) is 12.4 Å². The minimum atomic E-state index is -3.58. The molecule has 2 aliphatic carbocycles. The molecule has 4 N–H and O–H groups in total. The number of carbonyl (C=O) groups is 1. The van der Waals surface area contributed by atoms with Gasteiger partial charge in [0.15, 0.2) is 0 Å². The van der Waals surface area contributed by atoms with E-state index in [1.54, 1.807) is 0 Å². The van der Waals surface area contributed by atoms with E-state index in [1.807, 2.05) is 0 Å². The van der Waals surface area contributed by atoms with Crippen LogP contribution in [0.4, 0.5) is 0 Å². The van der Waals surface area contributed by atoms with Gasteiger partial charge < -0.3 is 11.1 Å². The van der Waals surface area contributed by atoms with Gasteiger partial charge in [0.1, 0.15) is 5.75 Å². The van der Waals surface area contributed by atoms with E-state index in [9.17, 15) is 13.2 Å². The molecule has 1 amide bonds. The van der Waals surface area contributed by atoms with Gasteiger partial charge in [-0.2, -0.15) is 0 Å². The molecule has 2 saturated carbocycles. The van der Waals surface area contributed by atoms with Gasteiger partial charge in [0.05, 0.1) is 5.54 Å². The average molecular weight is 368 g/mol. The minimum absolute atomic E-state index is 0. The van der Waals surface area contributed by atoms with Crippen molar-refractivity contribution in [1.82, 2.24) is 10.0 Å². The van der Waals surface area contributed by atoms with Crippen molar-refractivity contribution in [3.05, 3.63) is 0 Å². The Balaban J connectivity index is 0.00000264. The van der Waals surface area contributed by atoms with Crippen molar-refractivity contribution in [3.63, 3.8) is 0 Å². The fourth-order valence-electron chi connectivity index (χ4n) is 3.61. The molecule has 8 heteroatoms. The molecule has 0 unspecified atom stereocenters. The Morgan fingerprint density at radius 2 is 1.74 bits per heavy atom. The maximum absolute atomic E-state index is 12.2. The first-order valence-corrected chi connectivity index (χ1v) is 10.0. The Kier molecular flexibility index (Phi) is 7.77. The topological polar surface area (TPSA) is 101 Å². The van der Waals surface area contributed by atoms with E-state index in [0.717, 1.165) is 51.4 Å². The van der Waals surface area contributed by atoms with Crippen molar-refractivity contribution >= 4 is 28.3 Å². The molecule has 0 spiro atoms. The number of nitrogens with two attached hydrogens (primary N) is 1. The summed E-state index contributed by atoms with van der Waals surface area (Å²) in [6.45, 7) is 2.55. The lowest BCUT2D eigenvalue weighted by atomic mass is 9.88. The van der Waals surface area contributed by atoms with Crippen LogP contribution in [0.5, 0.6) is 0 Å². The zero-order valence-electron chi connectivity index (χ0n) is 13.8. The van der Waals surface area contributed by atoms with Crippen molar-refractivity contribution in [2.24, 2.45) is 11.7 Å². The first kappa shape index (κ1) is 20.7. The van der Waals surface area contributed by atoms with E-state index in [0.29, 0.717) is 12.5 Å². The molecule has 0 bridgehead atoms. The molecule has 0 radical (unpaired) electrons. The second-order valence-electron chi connectivity index (χ2n) is 7.07. The van der Waals surface area contributed by atoms with E-state index in [-0.39, 0.29) is 18.4 Å². The predicted molar refractivity (Wildman–Crippen MR) is 94.0 cm³/mol. The highest BCUT2D eigenvalue weighted by atomic mass is 35.5. The molecule has 2 aliphatic rings. The summed E-state index contributed by atoms with van der Waals surface area (Å²) >= 11 is 0. The minimum Gasteiger partial charge on any atom is -0.348 e. The molecule has 23 heavy (non-hydrogen) atoms. The van der Waals surface area contributed by atoms with Crippen LogP contribution in [0, 0.1) is 5.92 Å². The molecule has 6 nitrogen and oxygen atoms in total. The van der Waals surface area contributed by atoms with E-state index in [4.69, 9.17) is 5.73 Å². The molecule has 0 aliphatic heterocycles. The van der Waals surface area contributed by atoms with Gasteiger partial charge in [0.25, 0.3) is 0 Å². The van der Waals surface area contributed by atoms with E-state index in [2.05, 4.69) is 17.0 Å². The number of halogens is 1. The number of hydrogen-bond acceptors (Lipinski definition) is 4. The Morgan fingerprint density at radius 3 is 2.26 bits per heavy atom. The molecule has 0 aromatic heterocycles. The molecule has 136 valence electrons. The second-order valence-corrected chi connectivity index (χ2v) is 8.83. The molecule has 0 aromatic carbocycles. The zero-order chi connectivity index (χ0) is 16.2. The Labute approximate surface area is 145 Å². The summed E-state index contributed by atoms with van der Waals surface area (Å²) < 4.78 is 27.0. The summed E-state index contributed by atoms with van der Waals surface area (Å²) in [4.78, 5) is 12.1. The first-order chi connectivity index (χ1) is 10.3. The van der Waals surface area contributed by atoms with Crippen LogP contribution in [0.2, 0.25) is 0 Å². The lowest BCUT2D eigenvalue weighted by Crippen LogP contribution is -2.54. The van der Waals surface area contributed by atoms with Gasteiger partial charge in [-0.05, 0) is 44.4 Å². The molecular weight excluding hydrogens is 338 g/mol. The summed E-state index contributed by atoms with van der Waals surface area (Å²) in [6, 6.07) is -0.0241. The van der Waals surface area contributed by atoms with Crippen molar-refractivity contribution in [3.8, 4) is 0 Å². The molecule has 0 atom stereocenters. The Bertz CT molecular complexity index is 484. The highest BCUT2D eigenvalue weighted by molar-refractivity contribution is 7.90. The molecule has 0 saturated heterocycles. The molecule has 2 rings (SSSR count). The lowest BCUT2D eigenvalue weighted by Gasteiger charge is -2.29. The number of carbonyl (C=O) groups excluding carboxylic acids is 1. The van der Waals surface area contributed by atoms with Crippen LogP contribution in [-0.4, -0.2) is 38.2 Å². The molecular formula is C15H30ClN3O3S. The quantitative estimate of drug-likeness (QED) is 0.658. The van der Waals surface area contributed by atoms with Crippen molar-refractivity contribution in [1.29, 1.82) is 0 Å². The summed E-state index contributed by atoms with van der Waals surface area (Å²) in [6.07, 6.45) is 7.52. The Hall–Kier alpha value is -0.370. The smallest absolute Gasteiger partial charge is 0.237 e. The lowest BCUT2D eigenvalue weighted by molar-refractivity contribution is -0.120. The third kappa shape index (κ3) is 6.21. The van der Waals surface area contributed by atoms with Crippen LogP contribution in [0.1, 0.15) is 58.3 Å². The van der Waals surface area contributed by atoms with Gasteiger partial charge in [-0.3, -0.25) is 4.79 Å². The van der Waals surface area contributed by atoms with Crippen LogP contribution in [0.15, 0.2) is 0 Å². The highest BCUT2D eigenvalue weighted by Crippen LogP contribution is 2.28. The fourth-order valence-corrected chi connectivity index (χ4v) is 4.85. The predicted octanol–water partition coefficient (Wildman–Crippen LogP) is 1.29. The maximum atomic E-state index is 12.2. The second kappa shape index (κ2) is 8.65. The number of hydrogen-bond donors (Lipinski definition) is 3. The van der Waals surface area contributed by atoms with Crippen LogP contribution < -0.4 is 15.8 Å². The summed E-state index contributed by atoms with van der Waals surface area (Å²) in [5.74, 6) is -0.277. The number of nitrogens with one attached hydrogen (secondary N) is 2. The van der Waals surface area contributed by atoms with E-state index in [1.165, 1.54) is 0 Å². The van der Waals surface area contributed by atoms with Gasteiger partial charge in [-0.1, -0.05) is 19.8 Å².